The minimum absolute atomic E-state index is 0.122. The van der Waals surface area contributed by atoms with E-state index in [0.29, 0.717) is 32.0 Å². The lowest BCUT2D eigenvalue weighted by Crippen LogP contribution is -2.37. The van der Waals surface area contributed by atoms with Gasteiger partial charge in [-0.25, -0.2) is 4.39 Å². The van der Waals surface area contributed by atoms with E-state index in [0.717, 1.165) is 30.0 Å². The average Bonchev–Trinajstić information content (AvgIpc) is 3.44. The number of ether oxygens (including phenoxy) is 1. The molecule has 2 aromatic heterocycles. The highest BCUT2D eigenvalue weighted by Crippen LogP contribution is 2.26. The van der Waals surface area contributed by atoms with Crippen molar-refractivity contribution >= 4 is 5.91 Å². The van der Waals surface area contributed by atoms with E-state index in [1.165, 1.54) is 12.1 Å². The van der Waals surface area contributed by atoms with Gasteiger partial charge in [0.2, 0.25) is 5.91 Å². The number of carbonyl (C=O) groups is 1. The molecule has 4 rings (SSSR count). The molecule has 1 fully saturated rings. The summed E-state index contributed by atoms with van der Waals surface area (Å²) >= 11 is 0. The quantitative estimate of drug-likeness (QED) is 0.603. The third-order valence-electron chi connectivity index (χ3n) is 5.38. The zero-order chi connectivity index (χ0) is 21.6. The fraction of sp³-hybridized carbons (Fsp3) is 0.348. The van der Waals surface area contributed by atoms with Crippen molar-refractivity contribution in [2.45, 2.75) is 25.5 Å². The summed E-state index contributed by atoms with van der Waals surface area (Å²) in [6.45, 7) is 2.72. The van der Waals surface area contributed by atoms with Crippen molar-refractivity contribution < 1.29 is 13.9 Å². The van der Waals surface area contributed by atoms with Gasteiger partial charge in [0.1, 0.15) is 18.2 Å². The predicted octanol–water partition coefficient (Wildman–Crippen LogP) is 2.97. The molecule has 1 N–H and O–H groups in total. The van der Waals surface area contributed by atoms with Crippen molar-refractivity contribution in [3.63, 3.8) is 0 Å². The number of pyridine rings is 1. The lowest BCUT2D eigenvalue weighted by Gasteiger charge is -2.21. The minimum Gasteiger partial charge on any atom is -0.487 e. The number of nitrogens with zero attached hydrogens (tertiary/aromatic N) is 4. The first-order valence-electron chi connectivity index (χ1n) is 10.4. The maximum atomic E-state index is 13.0. The van der Waals surface area contributed by atoms with Gasteiger partial charge in [0.15, 0.2) is 0 Å². The number of hydrogen-bond acceptors (Lipinski definition) is 5. The molecule has 1 amide bonds. The summed E-state index contributed by atoms with van der Waals surface area (Å²) < 4.78 is 18.6. The van der Waals surface area contributed by atoms with Gasteiger partial charge in [-0.05, 0) is 55.9 Å². The second kappa shape index (κ2) is 9.70. The molecule has 8 heteroatoms. The molecule has 31 heavy (non-hydrogen) atoms. The molecule has 0 aliphatic carbocycles. The molecule has 1 saturated heterocycles. The monoisotopic (exact) mass is 423 g/mol. The van der Waals surface area contributed by atoms with Gasteiger partial charge in [-0.2, -0.15) is 5.10 Å². The third-order valence-corrected chi connectivity index (χ3v) is 5.38. The molecule has 1 unspecified atom stereocenters. The van der Waals surface area contributed by atoms with Crippen molar-refractivity contribution in [2.24, 2.45) is 0 Å². The second-order valence-corrected chi connectivity index (χ2v) is 7.88. The van der Waals surface area contributed by atoms with Crippen LogP contribution in [0.3, 0.4) is 0 Å². The molecular weight excluding hydrogens is 397 g/mol. The van der Waals surface area contributed by atoms with Crippen LogP contribution in [0.25, 0.3) is 0 Å². The number of likely N-dealkylation sites (tertiary alicyclic amines) is 1. The summed E-state index contributed by atoms with van der Waals surface area (Å²) in [5.74, 6) is 0.640. The molecule has 162 valence electrons. The second-order valence-electron chi connectivity index (χ2n) is 7.88. The largest absolute Gasteiger partial charge is 0.487 e. The smallest absolute Gasteiger partial charge is 0.236 e. The van der Waals surface area contributed by atoms with E-state index in [1.54, 1.807) is 18.3 Å². The van der Waals surface area contributed by atoms with Crippen LogP contribution in [0.1, 0.15) is 29.4 Å². The number of aromatic nitrogens is 3. The van der Waals surface area contributed by atoms with Gasteiger partial charge in [0, 0.05) is 31.7 Å². The van der Waals surface area contributed by atoms with Crippen molar-refractivity contribution in [1.82, 2.24) is 25.0 Å². The molecular formula is C23H26FN5O2. The van der Waals surface area contributed by atoms with E-state index in [4.69, 9.17) is 4.74 Å². The van der Waals surface area contributed by atoms with Crippen LogP contribution in [0.2, 0.25) is 0 Å². The van der Waals surface area contributed by atoms with Crippen LogP contribution in [0.5, 0.6) is 5.75 Å². The van der Waals surface area contributed by atoms with Crippen LogP contribution in [0.15, 0.2) is 54.7 Å². The topological polar surface area (TPSA) is 74.3 Å². The Hall–Kier alpha value is -3.26. The van der Waals surface area contributed by atoms with E-state index in [-0.39, 0.29) is 17.6 Å². The fourth-order valence-electron chi connectivity index (χ4n) is 3.74. The van der Waals surface area contributed by atoms with Gasteiger partial charge in [0.05, 0.1) is 23.6 Å². The van der Waals surface area contributed by atoms with E-state index >= 15 is 0 Å². The Morgan fingerprint density at radius 3 is 2.90 bits per heavy atom. The molecule has 0 radical (unpaired) electrons. The minimum atomic E-state index is -0.292. The van der Waals surface area contributed by atoms with Gasteiger partial charge < -0.3 is 9.64 Å². The number of aromatic amines is 1. The van der Waals surface area contributed by atoms with Gasteiger partial charge in [-0.3, -0.25) is 19.8 Å². The lowest BCUT2D eigenvalue weighted by molar-refractivity contribution is -0.131. The number of likely N-dealkylation sites (N-methyl/N-ethyl adjacent to an activating group) is 1. The summed E-state index contributed by atoms with van der Waals surface area (Å²) in [6.07, 6.45) is 2.65. The van der Waals surface area contributed by atoms with Crippen LogP contribution in [0.4, 0.5) is 4.39 Å². The maximum Gasteiger partial charge on any atom is 0.236 e. The Morgan fingerprint density at radius 2 is 2.13 bits per heavy atom. The molecule has 0 spiro atoms. The summed E-state index contributed by atoms with van der Waals surface area (Å²) in [6, 6.07) is 13.7. The Labute approximate surface area is 180 Å². The van der Waals surface area contributed by atoms with E-state index < -0.39 is 0 Å². The summed E-state index contributed by atoms with van der Waals surface area (Å²) in [4.78, 5) is 20.9. The molecule has 7 nitrogen and oxygen atoms in total. The average molecular weight is 423 g/mol. The Bertz CT molecular complexity index is 993. The molecule has 1 atom stereocenters. The third kappa shape index (κ3) is 5.67. The van der Waals surface area contributed by atoms with E-state index in [2.05, 4.69) is 15.2 Å². The lowest BCUT2D eigenvalue weighted by atomic mass is 10.1. The van der Waals surface area contributed by atoms with Crippen molar-refractivity contribution in [3.8, 4) is 5.75 Å². The summed E-state index contributed by atoms with van der Waals surface area (Å²) in [5.41, 5.74) is 2.73. The molecule has 0 bridgehead atoms. The first-order chi connectivity index (χ1) is 15.1. The van der Waals surface area contributed by atoms with Crippen LogP contribution in [-0.2, 0) is 17.9 Å². The van der Waals surface area contributed by atoms with Crippen LogP contribution >= 0.6 is 0 Å². The first kappa shape index (κ1) is 21.0. The first-order valence-corrected chi connectivity index (χ1v) is 10.4. The molecule has 3 heterocycles. The van der Waals surface area contributed by atoms with E-state index in [1.807, 2.05) is 41.1 Å². The number of nitrogens with one attached hydrogen (secondary N) is 1. The number of carbonyl (C=O) groups excluding carboxylic acids is 1. The normalized spacial score (nSPS) is 16.1. The Balaban J connectivity index is 1.25. The van der Waals surface area contributed by atoms with Crippen LogP contribution in [-0.4, -0.2) is 57.6 Å². The zero-order valence-electron chi connectivity index (χ0n) is 17.5. The van der Waals surface area contributed by atoms with E-state index in [9.17, 15) is 9.18 Å². The SMILES string of the molecule is CN(CC(=O)N1CCC(c2cc(COc3ccc(F)cc3)[nH]n2)C1)Cc1ccccn1. The fourth-order valence-corrected chi connectivity index (χ4v) is 3.74. The molecule has 0 saturated carbocycles. The maximum absolute atomic E-state index is 13.0. The Kier molecular flexibility index (Phi) is 6.57. The van der Waals surface area contributed by atoms with Gasteiger partial charge in [-0.15, -0.1) is 0 Å². The number of benzene rings is 1. The number of H-pyrrole nitrogens is 1. The highest BCUT2D eigenvalue weighted by Gasteiger charge is 2.29. The predicted molar refractivity (Wildman–Crippen MR) is 114 cm³/mol. The van der Waals surface area contributed by atoms with Gasteiger partial charge in [0.25, 0.3) is 0 Å². The van der Waals surface area contributed by atoms with Crippen LogP contribution in [0, 0.1) is 5.82 Å². The van der Waals surface area contributed by atoms with Gasteiger partial charge >= 0.3 is 0 Å². The number of halogens is 1. The Morgan fingerprint density at radius 1 is 1.29 bits per heavy atom. The molecule has 3 aromatic rings. The molecule has 1 aliphatic heterocycles. The highest BCUT2D eigenvalue weighted by molar-refractivity contribution is 5.78. The van der Waals surface area contributed by atoms with Crippen molar-refractivity contribution in [2.75, 3.05) is 26.7 Å². The number of amides is 1. The number of rotatable bonds is 8. The van der Waals surface area contributed by atoms with Crippen LogP contribution < -0.4 is 4.74 Å². The summed E-state index contributed by atoms with van der Waals surface area (Å²) in [7, 11) is 1.93. The zero-order valence-corrected chi connectivity index (χ0v) is 17.5. The van der Waals surface area contributed by atoms with Crippen molar-refractivity contribution in [3.05, 3.63) is 77.6 Å². The number of hydrogen-bond donors (Lipinski definition) is 1. The standard InChI is InChI=1S/C23H26FN5O2/c1-28(14-19-4-2-3-10-25-19)15-23(30)29-11-9-17(13-29)22-12-20(26-27-22)16-31-21-7-5-18(24)6-8-21/h2-8,10,12,17H,9,11,13-16H2,1H3,(H,26,27). The summed E-state index contributed by atoms with van der Waals surface area (Å²) in [5, 5.41) is 7.41. The molecule has 1 aromatic carbocycles. The van der Waals surface area contributed by atoms with Crippen molar-refractivity contribution in [1.29, 1.82) is 0 Å². The molecule has 1 aliphatic rings. The van der Waals surface area contributed by atoms with Gasteiger partial charge in [-0.1, -0.05) is 6.07 Å². The highest BCUT2D eigenvalue weighted by atomic mass is 19.1.